The summed E-state index contributed by atoms with van der Waals surface area (Å²) in [5, 5.41) is 7.84. The van der Waals surface area contributed by atoms with Crippen LogP contribution in [0.15, 0.2) is 41.7 Å². The Morgan fingerprint density at radius 2 is 2.07 bits per heavy atom. The first-order valence-electron chi connectivity index (χ1n) is 11.4. The molecule has 1 saturated heterocycles. The molecule has 4 rings (SSSR count). The van der Waals surface area contributed by atoms with E-state index in [1.165, 1.54) is 49.7 Å². The molecule has 6 nitrogen and oxygen atoms in total. The lowest BCUT2D eigenvalue weighted by Gasteiger charge is -2.24. The molecule has 1 aliphatic heterocycles. The van der Waals surface area contributed by atoms with Crippen LogP contribution in [0.1, 0.15) is 49.7 Å². The summed E-state index contributed by atoms with van der Waals surface area (Å²) in [6.07, 6.45) is 13.1. The second-order valence-electron chi connectivity index (χ2n) is 8.75. The molecule has 1 unspecified atom stereocenters. The lowest BCUT2D eigenvalue weighted by atomic mass is 9.98. The Kier molecular flexibility index (Phi) is 6.92. The first-order chi connectivity index (χ1) is 14.7. The Hall–Kier alpha value is -2.50. The summed E-state index contributed by atoms with van der Waals surface area (Å²) >= 11 is 0. The van der Waals surface area contributed by atoms with E-state index < -0.39 is 0 Å². The fourth-order valence-electron chi connectivity index (χ4n) is 4.72. The smallest absolute Gasteiger partial charge is 0.193 e. The monoisotopic (exact) mass is 409 g/mol. The molecule has 1 aromatic heterocycles. The number of guanidine groups is 1. The van der Waals surface area contributed by atoms with Gasteiger partial charge in [-0.2, -0.15) is 5.10 Å². The third-order valence-corrected chi connectivity index (χ3v) is 6.28. The number of hydrogen-bond donors (Lipinski definition) is 1. The summed E-state index contributed by atoms with van der Waals surface area (Å²) in [4.78, 5) is 6.91. The number of rotatable bonds is 6. The van der Waals surface area contributed by atoms with Crippen molar-refractivity contribution in [2.75, 3.05) is 20.1 Å². The van der Waals surface area contributed by atoms with E-state index in [9.17, 15) is 0 Å². The normalized spacial score (nSPS) is 20.5. The van der Waals surface area contributed by atoms with Crippen molar-refractivity contribution >= 4 is 5.96 Å². The van der Waals surface area contributed by atoms with Crippen LogP contribution in [0.2, 0.25) is 0 Å². The number of hydrogen-bond acceptors (Lipinski definition) is 3. The van der Waals surface area contributed by atoms with E-state index in [1.54, 1.807) is 0 Å². The number of aliphatic imine (C=N–C) groups is 1. The van der Waals surface area contributed by atoms with Gasteiger partial charge in [-0.05, 0) is 67.7 Å². The average Bonchev–Trinajstić information content (AvgIpc) is 3.39. The van der Waals surface area contributed by atoms with Crippen molar-refractivity contribution in [2.24, 2.45) is 18.0 Å². The van der Waals surface area contributed by atoms with Gasteiger partial charge in [-0.25, -0.2) is 0 Å². The molecule has 162 valence electrons. The zero-order valence-corrected chi connectivity index (χ0v) is 18.4. The third-order valence-electron chi connectivity index (χ3n) is 6.28. The zero-order valence-electron chi connectivity index (χ0n) is 18.4. The molecule has 0 radical (unpaired) electrons. The highest BCUT2D eigenvalue weighted by Gasteiger charge is 2.25. The van der Waals surface area contributed by atoms with E-state index in [2.05, 4.69) is 50.8 Å². The Labute approximate surface area is 180 Å². The minimum absolute atomic E-state index is 0.385. The van der Waals surface area contributed by atoms with E-state index in [-0.39, 0.29) is 0 Å². The fraction of sp³-hybridized carbons (Fsp3) is 0.583. The van der Waals surface area contributed by atoms with Gasteiger partial charge in [0.15, 0.2) is 5.96 Å². The molecule has 0 bridgehead atoms. The molecular formula is C24H35N5O. The minimum Gasteiger partial charge on any atom is -0.490 e. The van der Waals surface area contributed by atoms with Gasteiger partial charge in [-0.1, -0.05) is 18.6 Å². The zero-order chi connectivity index (χ0) is 20.8. The van der Waals surface area contributed by atoms with Crippen LogP contribution >= 0.6 is 0 Å². The highest BCUT2D eigenvalue weighted by Crippen LogP contribution is 2.24. The van der Waals surface area contributed by atoms with Gasteiger partial charge in [0.05, 0.1) is 12.3 Å². The van der Waals surface area contributed by atoms with Crippen molar-refractivity contribution in [1.29, 1.82) is 0 Å². The molecule has 1 atom stereocenters. The minimum atomic E-state index is 0.385. The lowest BCUT2D eigenvalue weighted by Crippen LogP contribution is -2.39. The van der Waals surface area contributed by atoms with E-state index in [0.717, 1.165) is 37.8 Å². The Morgan fingerprint density at radius 1 is 1.20 bits per heavy atom. The molecule has 6 heteroatoms. The summed E-state index contributed by atoms with van der Waals surface area (Å²) in [5.41, 5.74) is 2.55. The number of likely N-dealkylation sites (tertiary alicyclic amines) is 1. The van der Waals surface area contributed by atoms with Gasteiger partial charge >= 0.3 is 0 Å². The van der Waals surface area contributed by atoms with Crippen LogP contribution in [0, 0.1) is 5.92 Å². The maximum atomic E-state index is 6.23. The molecule has 2 aliphatic rings. The van der Waals surface area contributed by atoms with E-state index in [4.69, 9.17) is 4.74 Å². The maximum Gasteiger partial charge on any atom is 0.193 e. The van der Waals surface area contributed by atoms with Gasteiger partial charge in [-0.3, -0.25) is 9.67 Å². The van der Waals surface area contributed by atoms with Gasteiger partial charge in [0, 0.05) is 39.9 Å². The number of nitrogens with one attached hydrogen (secondary N) is 1. The molecule has 30 heavy (non-hydrogen) atoms. The van der Waals surface area contributed by atoms with Gasteiger partial charge < -0.3 is 15.0 Å². The number of nitrogens with zero attached hydrogens (tertiary/aromatic N) is 4. The van der Waals surface area contributed by atoms with Crippen molar-refractivity contribution in [3.63, 3.8) is 0 Å². The number of aryl methyl sites for hydroxylation is 1. The van der Waals surface area contributed by atoms with Gasteiger partial charge in [0.1, 0.15) is 5.75 Å². The standard InChI is InChI=1S/C24H35N5O/c1-25-24(29-12-11-20(18-29)13-21-16-27-28(2)17-21)26-15-19-7-6-10-23(14-19)30-22-8-4-3-5-9-22/h6-7,10,14,16-17,20,22H,3-5,8-9,11-13,15,18H2,1-2H3,(H,25,26). The quantitative estimate of drug-likeness (QED) is 0.583. The van der Waals surface area contributed by atoms with Gasteiger partial charge in [0.2, 0.25) is 0 Å². The van der Waals surface area contributed by atoms with E-state index in [0.29, 0.717) is 12.0 Å². The van der Waals surface area contributed by atoms with Crippen LogP contribution in [0.3, 0.4) is 0 Å². The van der Waals surface area contributed by atoms with Crippen LogP contribution in [0.4, 0.5) is 0 Å². The van der Waals surface area contributed by atoms with Crippen molar-refractivity contribution in [3.8, 4) is 5.75 Å². The van der Waals surface area contributed by atoms with Crippen molar-refractivity contribution in [1.82, 2.24) is 20.0 Å². The SMILES string of the molecule is CN=C(NCc1cccc(OC2CCCCC2)c1)N1CCC(Cc2cnn(C)c2)C1. The molecular weight excluding hydrogens is 374 g/mol. The molecule has 0 spiro atoms. The Morgan fingerprint density at radius 3 is 2.83 bits per heavy atom. The van der Waals surface area contributed by atoms with E-state index >= 15 is 0 Å². The van der Waals surface area contributed by atoms with Crippen molar-refractivity contribution in [3.05, 3.63) is 47.8 Å². The third kappa shape index (κ3) is 5.55. The maximum absolute atomic E-state index is 6.23. The summed E-state index contributed by atoms with van der Waals surface area (Å²) in [5.74, 6) is 2.64. The predicted molar refractivity (Wildman–Crippen MR) is 121 cm³/mol. The average molecular weight is 410 g/mol. The number of aromatic nitrogens is 2. The number of benzene rings is 1. The second kappa shape index (κ2) is 10.0. The largest absolute Gasteiger partial charge is 0.490 e. The van der Waals surface area contributed by atoms with Gasteiger partial charge in [-0.15, -0.1) is 0 Å². The summed E-state index contributed by atoms with van der Waals surface area (Å²) in [6, 6.07) is 8.50. The summed E-state index contributed by atoms with van der Waals surface area (Å²) < 4.78 is 8.11. The highest BCUT2D eigenvalue weighted by atomic mass is 16.5. The first kappa shape index (κ1) is 20.8. The molecule has 2 aromatic rings. The van der Waals surface area contributed by atoms with Crippen LogP contribution in [-0.2, 0) is 20.0 Å². The predicted octanol–water partition coefficient (Wildman–Crippen LogP) is 3.77. The van der Waals surface area contributed by atoms with Crippen molar-refractivity contribution < 1.29 is 4.74 Å². The van der Waals surface area contributed by atoms with Crippen LogP contribution in [0.25, 0.3) is 0 Å². The van der Waals surface area contributed by atoms with E-state index in [1.807, 2.05) is 25.0 Å². The molecule has 1 N–H and O–H groups in total. The molecule has 2 heterocycles. The molecule has 1 aromatic carbocycles. The number of ether oxygens (including phenoxy) is 1. The Bertz CT molecular complexity index is 840. The first-order valence-corrected chi connectivity index (χ1v) is 11.4. The Balaban J connectivity index is 1.27. The molecule has 1 aliphatic carbocycles. The van der Waals surface area contributed by atoms with Crippen LogP contribution < -0.4 is 10.1 Å². The lowest BCUT2D eigenvalue weighted by molar-refractivity contribution is 0.155. The summed E-state index contributed by atoms with van der Waals surface area (Å²) in [6.45, 7) is 2.85. The van der Waals surface area contributed by atoms with Crippen molar-refractivity contribution in [2.45, 2.75) is 57.6 Å². The molecule has 1 saturated carbocycles. The molecule has 0 amide bonds. The molecule has 2 fully saturated rings. The summed E-state index contributed by atoms with van der Waals surface area (Å²) in [7, 11) is 3.85. The topological polar surface area (TPSA) is 54.7 Å². The van der Waals surface area contributed by atoms with Crippen LogP contribution in [0.5, 0.6) is 5.75 Å². The van der Waals surface area contributed by atoms with Gasteiger partial charge in [0.25, 0.3) is 0 Å². The second-order valence-corrected chi connectivity index (χ2v) is 8.75. The van der Waals surface area contributed by atoms with Crippen LogP contribution in [-0.4, -0.2) is 46.9 Å². The fourth-order valence-corrected chi connectivity index (χ4v) is 4.72. The highest BCUT2D eigenvalue weighted by molar-refractivity contribution is 5.80.